The normalized spacial score (nSPS) is 11.2. The van der Waals surface area contributed by atoms with E-state index in [0.717, 1.165) is 38.7 Å². The number of thioether (sulfide) groups is 1. The van der Waals surface area contributed by atoms with Crippen LogP contribution < -0.4 is 15.0 Å². The highest BCUT2D eigenvalue weighted by Gasteiger charge is 2.20. The van der Waals surface area contributed by atoms with Crippen molar-refractivity contribution < 1.29 is 13.9 Å². The van der Waals surface area contributed by atoms with E-state index in [1.54, 1.807) is 35.1 Å². The van der Waals surface area contributed by atoms with Gasteiger partial charge in [0.1, 0.15) is 22.1 Å². The Labute approximate surface area is 200 Å². The van der Waals surface area contributed by atoms with Crippen molar-refractivity contribution in [3.8, 4) is 17.2 Å². The predicted molar refractivity (Wildman–Crippen MR) is 133 cm³/mol. The maximum Gasteiger partial charge on any atom is 0.267 e. The Morgan fingerprint density at radius 1 is 1.12 bits per heavy atom. The van der Waals surface area contributed by atoms with Gasteiger partial charge in [0, 0.05) is 10.6 Å². The highest BCUT2D eigenvalue weighted by atomic mass is 32.2. The van der Waals surface area contributed by atoms with Crippen LogP contribution in [0.3, 0.4) is 0 Å². The number of fused-ring (bicyclic) bond motifs is 1. The molecule has 172 valence electrons. The molecular weight excluding hydrogens is 459 g/mol. The Morgan fingerprint density at radius 2 is 1.85 bits per heavy atom. The molecule has 0 N–H and O–H groups in total. The van der Waals surface area contributed by atoms with Gasteiger partial charge in [0.2, 0.25) is 0 Å². The van der Waals surface area contributed by atoms with Crippen molar-refractivity contribution in [3.05, 3.63) is 74.6 Å². The molecule has 8 heteroatoms. The van der Waals surface area contributed by atoms with Crippen molar-refractivity contribution in [1.29, 1.82) is 0 Å². The number of ether oxygens (including phenoxy) is 2. The van der Waals surface area contributed by atoms with Crippen LogP contribution >= 0.6 is 23.1 Å². The maximum atomic E-state index is 13.8. The Bertz CT molecular complexity index is 1350. The van der Waals surface area contributed by atoms with Gasteiger partial charge < -0.3 is 9.47 Å². The van der Waals surface area contributed by atoms with Gasteiger partial charge in [-0.3, -0.25) is 9.36 Å². The molecule has 0 saturated heterocycles. The minimum Gasteiger partial charge on any atom is -0.497 e. The van der Waals surface area contributed by atoms with Crippen molar-refractivity contribution in [2.45, 2.75) is 32.3 Å². The lowest BCUT2D eigenvalue weighted by atomic mass is 10.1. The summed E-state index contributed by atoms with van der Waals surface area (Å²) in [6.07, 6.45) is 0.780. The van der Waals surface area contributed by atoms with Gasteiger partial charge in [0.05, 0.1) is 24.8 Å². The van der Waals surface area contributed by atoms with Gasteiger partial charge in [-0.25, -0.2) is 9.37 Å². The zero-order valence-corrected chi connectivity index (χ0v) is 20.6. The molecule has 33 heavy (non-hydrogen) atoms. The molecule has 5 nitrogen and oxygen atoms in total. The summed E-state index contributed by atoms with van der Waals surface area (Å²) in [6.45, 7) is 6.46. The highest BCUT2D eigenvalue weighted by molar-refractivity contribution is 7.99. The third-order valence-electron chi connectivity index (χ3n) is 5.39. The van der Waals surface area contributed by atoms with E-state index in [9.17, 15) is 9.18 Å². The number of halogens is 1. The lowest BCUT2D eigenvalue weighted by molar-refractivity contribution is 0.343. The minimum absolute atomic E-state index is 0.0589. The summed E-state index contributed by atoms with van der Waals surface area (Å²) in [5, 5.41) is 1.31. The second-order valence-corrected chi connectivity index (χ2v) is 9.77. The van der Waals surface area contributed by atoms with Crippen LogP contribution in [0.5, 0.6) is 11.5 Å². The number of benzene rings is 2. The molecule has 2 aromatic carbocycles. The molecule has 4 aromatic rings. The van der Waals surface area contributed by atoms with Crippen LogP contribution in [0.2, 0.25) is 0 Å². The van der Waals surface area contributed by atoms with E-state index in [1.165, 1.54) is 23.9 Å². The standard InChI is InChI=1S/C25H25FN2O3S2/c1-5-20-16(3)33-23-22(20)24(29)28(21-11-10-19(30-4)14-15(21)2)25(27-23)32-13-12-31-18-8-6-17(26)7-9-18/h6-11,14H,5,12-13H2,1-4H3. The van der Waals surface area contributed by atoms with Gasteiger partial charge in [-0.1, -0.05) is 18.7 Å². The molecule has 0 aliphatic rings. The third-order valence-corrected chi connectivity index (χ3v) is 7.34. The van der Waals surface area contributed by atoms with Crippen molar-refractivity contribution in [2.24, 2.45) is 0 Å². The molecule has 0 unspecified atom stereocenters. The lowest BCUT2D eigenvalue weighted by Crippen LogP contribution is -2.23. The Balaban J connectivity index is 1.71. The predicted octanol–water partition coefficient (Wildman–Crippen LogP) is 5.95. The molecule has 0 fully saturated rings. The molecule has 0 saturated carbocycles. The molecule has 0 aliphatic heterocycles. The van der Waals surface area contributed by atoms with Crippen LogP contribution in [0, 0.1) is 19.7 Å². The van der Waals surface area contributed by atoms with E-state index < -0.39 is 0 Å². The van der Waals surface area contributed by atoms with E-state index in [0.29, 0.717) is 28.7 Å². The Kier molecular flexibility index (Phi) is 7.05. The van der Waals surface area contributed by atoms with Crippen LogP contribution in [-0.4, -0.2) is 29.0 Å². The SMILES string of the molecule is CCc1c(C)sc2nc(SCCOc3ccc(F)cc3)n(-c3ccc(OC)cc3C)c(=O)c12. The summed E-state index contributed by atoms with van der Waals surface area (Å²) in [5.74, 6) is 1.62. The number of aromatic nitrogens is 2. The number of hydrogen-bond acceptors (Lipinski definition) is 6. The number of rotatable bonds is 8. The number of hydrogen-bond donors (Lipinski definition) is 0. The molecule has 0 aliphatic carbocycles. The van der Waals surface area contributed by atoms with Gasteiger partial charge >= 0.3 is 0 Å². The summed E-state index contributed by atoms with van der Waals surface area (Å²) < 4.78 is 25.9. The minimum atomic E-state index is -0.300. The van der Waals surface area contributed by atoms with E-state index in [1.807, 2.05) is 32.0 Å². The molecule has 0 amide bonds. The quantitative estimate of drug-likeness (QED) is 0.176. The first-order valence-electron chi connectivity index (χ1n) is 10.6. The van der Waals surface area contributed by atoms with Crippen molar-refractivity contribution in [3.63, 3.8) is 0 Å². The smallest absolute Gasteiger partial charge is 0.267 e. The molecule has 0 bridgehead atoms. The van der Waals surface area contributed by atoms with E-state index in [2.05, 4.69) is 6.92 Å². The summed E-state index contributed by atoms with van der Waals surface area (Å²) in [6, 6.07) is 11.6. The molecule has 2 heterocycles. The van der Waals surface area contributed by atoms with Gasteiger partial charge in [-0.2, -0.15) is 0 Å². The van der Waals surface area contributed by atoms with Crippen molar-refractivity contribution in [2.75, 3.05) is 19.5 Å². The zero-order valence-electron chi connectivity index (χ0n) is 19.0. The van der Waals surface area contributed by atoms with Crippen molar-refractivity contribution in [1.82, 2.24) is 9.55 Å². The van der Waals surface area contributed by atoms with Crippen LogP contribution in [0.25, 0.3) is 15.9 Å². The van der Waals surface area contributed by atoms with Gasteiger partial charge in [0.25, 0.3) is 5.56 Å². The van der Waals surface area contributed by atoms with Crippen LogP contribution in [-0.2, 0) is 6.42 Å². The van der Waals surface area contributed by atoms with E-state index in [-0.39, 0.29) is 11.4 Å². The first kappa shape index (κ1) is 23.3. The molecule has 0 spiro atoms. The fourth-order valence-electron chi connectivity index (χ4n) is 3.76. The van der Waals surface area contributed by atoms with E-state index >= 15 is 0 Å². The average molecular weight is 485 g/mol. The number of thiophene rings is 1. The van der Waals surface area contributed by atoms with Crippen LogP contribution in [0.15, 0.2) is 52.4 Å². The number of nitrogens with zero attached hydrogens (tertiary/aromatic N) is 2. The molecule has 4 rings (SSSR count). The molecule has 0 radical (unpaired) electrons. The largest absolute Gasteiger partial charge is 0.497 e. The Morgan fingerprint density at radius 3 is 2.52 bits per heavy atom. The second kappa shape index (κ2) is 9.97. The van der Waals surface area contributed by atoms with E-state index in [4.69, 9.17) is 14.5 Å². The van der Waals surface area contributed by atoms with Crippen LogP contribution in [0.1, 0.15) is 22.9 Å². The lowest BCUT2D eigenvalue weighted by Gasteiger charge is -2.15. The number of aryl methyl sites for hydroxylation is 3. The molecular formula is C25H25FN2O3S2. The Hall–Kier alpha value is -2.84. The monoisotopic (exact) mass is 484 g/mol. The summed E-state index contributed by atoms with van der Waals surface area (Å²) in [4.78, 5) is 20.5. The summed E-state index contributed by atoms with van der Waals surface area (Å²) in [7, 11) is 1.62. The van der Waals surface area contributed by atoms with Crippen molar-refractivity contribution >= 4 is 33.3 Å². The maximum absolute atomic E-state index is 13.8. The summed E-state index contributed by atoms with van der Waals surface area (Å²) >= 11 is 3.02. The number of methoxy groups -OCH3 is 1. The molecule has 0 atom stereocenters. The fraction of sp³-hybridized carbons (Fsp3) is 0.280. The van der Waals surface area contributed by atoms with Gasteiger partial charge in [0.15, 0.2) is 5.16 Å². The second-order valence-electron chi connectivity index (χ2n) is 7.51. The highest BCUT2D eigenvalue weighted by Crippen LogP contribution is 2.31. The zero-order chi connectivity index (χ0) is 23.5. The van der Waals surface area contributed by atoms with Gasteiger partial charge in [-0.05, 0) is 73.9 Å². The topological polar surface area (TPSA) is 53.4 Å². The first-order valence-corrected chi connectivity index (χ1v) is 12.4. The third kappa shape index (κ3) is 4.77. The van der Waals surface area contributed by atoms with Crippen LogP contribution in [0.4, 0.5) is 4.39 Å². The van der Waals surface area contributed by atoms with Gasteiger partial charge in [-0.15, -0.1) is 11.3 Å². The fourth-order valence-corrected chi connectivity index (χ4v) is 5.74. The summed E-state index contributed by atoms with van der Waals surface area (Å²) in [5.41, 5.74) is 2.70. The first-order chi connectivity index (χ1) is 15.9. The molecule has 2 aromatic heterocycles. The average Bonchev–Trinajstić information content (AvgIpc) is 3.13.